The molecule has 2 N–H and O–H groups in total. The Morgan fingerprint density at radius 1 is 1.16 bits per heavy atom. The number of esters is 1. The monoisotopic (exact) mass is 263 g/mol. The van der Waals surface area contributed by atoms with Crippen LogP contribution >= 0.6 is 0 Å². The lowest BCUT2D eigenvalue weighted by molar-refractivity contribution is 0.0497. The van der Waals surface area contributed by atoms with Crippen LogP contribution < -0.4 is 5.73 Å². The van der Waals surface area contributed by atoms with Crippen molar-refractivity contribution in [3.05, 3.63) is 29.3 Å². The standard InChI is InChI=1S/C16H25NO2/c1-3-4-5-6-7-8-11-19-16(18)14-10-9-13(2)15(17)12-14/h9-10,12H,3-8,11,17H2,1-2H3. The SMILES string of the molecule is CCCCCCCCOC(=O)c1ccc(C)c(N)c1. The van der Waals surface area contributed by atoms with Crippen LogP contribution in [0.1, 0.15) is 61.4 Å². The highest BCUT2D eigenvalue weighted by Crippen LogP contribution is 2.14. The van der Waals surface area contributed by atoms with Crippen LogP contribution in [0.2, 0.25) is 0 Å². The van der Waals surface area contributed by atoms with E-state index in [1.165, 1.54) is 25.7 Å². The van der Waals surface area contributed by atoms with Crippen molar-refractivity contribution < 1.29 is 9.53 Å². The molecule has 0 unspecified atom stereocenters. The summed E-state index contributed by atoms with van der Waals surface area (Å²) in [6, 6.07) is 5.28. The van der Waals surface area contributed by atoms with Crippen LogP contribution in [0.15, 0.2) is 18.2 Å². The number of ether oxygens (including phenoxy) is 1. The predicted molar refractivity (Wildman–Crippen MR) is 79.2 cm³/mol. The zero-order valence-corrected chi connectivity index (χ0v) is 12.1. The van der Waals surface area contributed by atoms with Gasteiger partial charge in [-0.3, -0.25) is 0 Å². The number of hydrogen-bond donors (Lipinski definition) is 1. The van der Waals surface area contributed by atoms with Gasteiger partial charge in [0.15, 0.2) is 0 Å². The molecule has 0 heterocycles. The molecule has 0 aromatic heterocycles. The lowest BCUT2D eigenvalue weighted by atomic mass is 10.1. The predicted octanol–water partition coefficient (Wildman–Crippen LogP) is 4.09. The quantitative estimate of drug-likeness (QED) is 0.436. The van der Waals surface area contributed by atoms with E-state index in [1.54, 1.807) is 12.1 Å². The molecule has 0 saturated heterocycles. The third-order valence-corrected chi connectivity index (χ3v) is 3.25. The first kappa shape index (κ1) is 15.5. The zero-order chi connectivity index (χ0) is 14.1. The number of anilines is 1. The number of nitrogen functional groups attached to an aromatic ring is 1. The molecule has 0 amide bonds. The Labute approximate surface area is 116 Å². The van der Waals surface area contributed by atoms with Gasteiger partial charge in [-0.05, 0) is 31.0 Å². The summed E-state index contributed by atoms with van der Waals surface area (Å²) >= 11 is 0. The maximum atomic E-state index is 11.8. The second kappa shape index (κ2) is 8.57. The number of hydrogen-bond acceptors (Lipinski definition) is 3. The molecule has 0 aliphatic heterocycles. The number of benzene rings is 1. The van der Waals surface area contributed by atoms with Crippen LogP contribution in [-0.2, 0) is 4.74 Å². The van der Waals surface area contributed by atoms with Gasteiger partial charge in [0, 0.05) is 5.69 Å². The average Bonchev–Trinajstić information content (AvgIpc) is 2.40. The maximum absolute atomic E-state index is 11.8. The van der Waals surface area contributed by atoms with E-state index in [1.807, 2.05) is 13.0 Å². The largest absolute Gasteiger partial charge is 0.462 e. The lowest BCUT2D eigenvalue weighted by Crippen LogP contribution is -2.07. The van der Waals surface area contributed by atoms with Crippen LogP contribution in [-0.4, -0.2) is 12.6 Å². The van der Waals surface area contributed by atoms with Crippen molar-refractivity contribution in [1.29, 1.82) is 0 Å². The summed E-state index contributed by atoms with van der Waals surface area (Å²) in [7, 11) is 0. The second-order valence-electron chi connectivity index (χ2n) is 4.98. The van der Waals surface area contributed by atoms with E-state index in [2.05, 4.69) is 6.92 Å². The molecule has 0 aliphatic carbocycles. The van der Waals surface area contributed by atoms with Crippen LogP contribution in [0.25, 0.3) is 0 Å². The smallest absolute Gasteiger partial charge is 0.338 e. The topological polar surface area (TPSA) is 52.3 Å². The molecule has 19 heavy (non-hydrogen) atoms. The third-order valence-electron chi connectivity index (χ3n) is 3.25. The molecule has 106 valence electrons. The Bertz CT molecular complexity index is 402. The average molecular weight is 263 g/mol. The fraction of sp³-hybridized carbons (Fsp3) is 0.562. The van der Waals surface area contributed by atoms with Gasteiger partial charge < -0.3 is 10.5 Å². The zero-order valence-electron chi connectivity index (χ0n) is 12.1. The first-order valence-electron chi connectivity index (χ1n) is 7.18. The van der Waals surface area contributed by atoms with Gasteiger partial charge in [0.05, 0.1) is 12.2 Å². The summed E-state index contributed by atoms with van der Waals surface area (Å²) < 4.78 is 5.23. The molecule has 0 spiro atoms. The highest BCUT2D eigenvalue weighted by atomic mass is 16.5. The normalized spacial score (nSPS) is 10.4. The van der Waals surface area contributed by atoms with E-state index >= 15 is 0 Å². The minimum Gasteiger partial charge on any atom is -0.462 e. The molecule has 0 fully saturated rings. The Morgan fingerprint density at radius 3 is 2.53 bits per heavy atom. The van der Waals surface area contributed by atoms with Crippen molar-refractivity contribution in [3.8, 4) is 0 Å². The Balaban J connectivity index is 2.22. The summed E-state index contributed by atoms with van der Waals surface area (Å²) in [4.78, 5) is 11.8. The van der Waals surface area contributed by atoms with E-state index in [-0.39, 0.29) is 5.97 Å². The molecule has 0 aliphatic rings. The minimum absolute atomic E-state index is 0.278. The number of carbonyl (C=O) groups is 1. The Morgan fingerprint density at radius 2 is 1.84 bits per heavy atom. The van der Waals surface area contributed by atoms with Crippen LogP contribution in [0, 0.1) is 6.92 Å². The molecule has 0 saturated carbocycles. The third kappa shape index (κ3) is 5.77. The van der Waals surface area contributed by atoms with E-state index in [0.29, 0.717) is 17.9 Å². The molecule has 0 atom stereocenters. The first-order valence-corrected chi connectivity index (χ1v) is 7.18. The summed E-state index contributed by atoms with van der Waals surface area (Å²) in [6.45, 7) is 4.62. The van der Waals surface area contributed by atoms with Crippen molar-refractivity contribution >= 4 is 11.7 Å². The van der Waals surface area contributed by atoms with Gasteiger partial charge in [-0.25, -0.2) is 4.79 Å². The fourth-order valence-electron chi connectivity index (χ4n) is 1.90. The molecular formula is C16H25NO2. The fourth-order valence-corrected chi connectivity index (χ4v) is 1.90. The summed E-state index contributed by atoms with van der Waals surface area (Å²) in [5, 5.41) is 0. The van der Waals surface area contributed by atoms with Gasteiger partial charge in [-0.1, -0.05) is 45.1 Å². The highest BCUT2D eigenvalue weighted by Gasteiger charge is 2.07. The molecule has 3 nitrogen and oxygen atoms in total. The van der Waals surface area contributed by atoms with Gasteiger partial charge >= 0.3 is 5.97 Å². The summed E-state index contributed by atoms with van der Waals surface area (Å²) in [5.41, 5.74) is 7.92. The van der Waals surface area contributed by atoms with Gasteiger partial charge in [-0.2, -0.15) is 0 Å². The number of unbranched alkanes of at least 4 members (excludes halogenated alkanes) is 5. The van der Waals surface area contributed by atoms with Gasteiger partial charge in [-0.15, -0.1) is 0 Å². The van der Waals surface area contributed by atoms with E-state index in [4.69, 9.17) is 10.5 Å². The molecule has 1 aromatic rings. The van der Waals surface area contributed by atoms with Crippen molar-refractivity contribution in [1.82, 2.24) is 0 Å². The molecule has 3 heteroatoms. The van der Waals surface area contributed by atoms with Crippen molar-refractivity contribution in [2.45, 2.75) is 52.4 Å². The molecule has 1 rings (SSSR count). The van der Waals surface area contributed by atoms with Crippen molar-refractivity contribution in [2.75, 3.05) is 12.3 Å². The number of nitrogens with two attached hydrogens (primary N) is 1. The minimum atomic E-state index is -0.278. The van der Waals surface area contributed by atoms with E-state index in [0.717, 1.165) is 18.4 Å². The molecule has 1 aromatic carbocycles. The lowest BCUT2D eigenvalue weighted by Gasteiger charge is -2.06. The van der Waals surface area contributed by atoms with Gasteiger partial charge in [0.25, 0.3) is 0 Å². The highest BCUT2D eigenvalue weighted by molar-refractivity contribution is 5.90. The Hall–Kier alpha value is -1.51. The number of aryl methyl sites for hydroxylation is 1. The Kier molecular flexibility index (Phi) is 7.01. The van der Waals surface area contributed by atoms with Crippen LogP contribution in [0.4, 0.5) is 5.69 Å². The first-order chi connectivity index (χ1) is 9.15. The van der Waals surface area contributed by atoms with Crippen molar-refractivity contribution in [3.63, 3.8) is 0 Å². The molecule has 0 bridgehead atoms. The van der Waals surface area contributed by atoms with E-state index < -0.39 is 0 Å². The molecular weight excluding hydrogens is 238 g/mol. The second-order valence-corrected chi connectivity index (χ2v) is 4.98. The van der Waals surface area contributed by atoms with Crippen LogP contribution in [0.3, 0.4) is 0 Å². The van der Waals surface area contributed by atoms with E-state index in [9.17, 15) is 4.79 Å². The molecule has 0 radical (unpaired) electrons. The summed E-state index contributed by atoms with van der Waals surface area (Å²) in [5.74, 6) is -0.278. The number of carbonyl (C=O) groups excluding carboxylic acids is 1. The summed E-state index contributed by atoms with van der Waals surface area (Å²) in [6.07, 6.45) is 7.12. The van der Waals surface area contributed by atoms with Crippen LogP contribution in [0.5, 0.6) is 0 Å². The van der Waals surface area contributed by atoms with Crippen molar-refractivity contribution in [2.24, 2.45) is 0 Å². The maximum Gasteiger partial charge on any atom is 0.338 e. The van der Waals surface area contributed by atoms with Gasteiger partial charge in [0.1, 0.15) is 0 Å². The number of rotatable bonds is 8. The van der Waals surface area contributed by atoms with Gasteiger partial charge in [0.2, 0.25) is 0 Å².